The van der Waals surface area contributed by atoms with Crippen LogP contribution in [0.3, 0.4) is 0 Å². The second-order valence-electron chi connectivity index (χ2n) is 3.87. The van der Waals surface area contributed by atoms with E-state index in [-0.39, 0.29) is 11.7 Å². The van der Waals surface area contributed by atoms with Gasteiger partial charge in [-0.3, -0.25) is 4.79 Å². The Morgan fingerprint density at radius 3 is 2.81 bits per heavy atom. The van der Waals surface area contributed by atoms with Crippen LogP contribution in [0, 0.1) is 0 Å². The molecule has 1 N–H and O–H groups in total. The highest BCUT2D eigenvalue weighted by Crippen LogP contribution is 2.22. The minimum atomic E-state index is 0.200. The zero-order chi connectivity index (χ0) is 11.4. The first kappa shape index (κ1) is 11.3. The molecule has 3 nitrogen and oxygen atoms in total. The molecule has 1 aliphatic rings. The van der Waals surface area contributed by atoms with Gasteiger partial charge in [0.1, 0.15) is 5.75 Å². The normalized spacial score (nSPS) is 15.4. The van der Waals surface area contributed by atoms with Gasteiger partial charge in [0, 0.05) is 18.0 Å². The average molecular weight is 237 g/mol. The van der Waals surface area contributed by atoms with E-state index in [0.29, 0.717) is 5.75 Å². The summed E-state index contributed by atoms with van der Waals surface area (Å²) in [7, 11) is 0. The number of likely N-dealkylation sites (tertiary alicyclic amines) is 1. The van der Waals surface area contributed by atoms with Crippen LogP contribution in [0.15, 0.2) is 29.2 Å². The number of aromatic hydroxyl groups is 1. The van der Waals surface area contributed by atoms with Crippen molar-refractivity contribution in [1.29, 1.82) is 0 Å². The highest BCUT2D eigenvalue weighted by atomic mass is 32.2. The number of carbonyl (C=O) groups excluding carboxylic acids is 1. The molecule has 1 aromatic rings. The number of carbonyl (C=O) groups is 1. The molecule has 0 atom stereocenters. The van der Waals surface area contributed by atoms with Crippen molar-refractivity contribution < 1.29 is 9.90 Å². The molecule has 1 amide bonds. The number of amides is 1. The highest BCUT2D eigenvalue weighted by Gasteiger charge is 2.17. The predicted molar refractivity (Wildman–Crippen MR) is 64.6 cm³/mol. The lowest BCUT2D eigenvalue weighted by molar-refractivity contribution is -0.127. The van der Waals surface area contributed by atoms with Gasteiger partial charge in [-0.25, -0.2) is 0 Å². The van der Waals surface area contributed by atoms with Crippen LogP contribution < -0.4 is 0 Å². The van der Waals surface area contributed by atoms with E-state index < -0.39 is 0 Å². The van der Waals surface area contributed by atoms with Gasteiger partial charge < -0.3 is 10.0 Å². The number of nitrogens with zero attached hydrogens (tertiary/aromatic N) is 1. The second-order valence-corrected chi connectivity index (χ2v) is 4.92. The fourth-order valence-electron chi connectivity index (χ4n) is 1.78. The maximum absolute atomic E-state index is 11.7. The minimum absolute atomic E-state index is 0.200. The third-order valence-corrected chi connectivity index (χ3v) is 3.62. The Bertz CT molecular complexity index is 375. The lowest BCUT2D eigenvalue weighted by Gasteiger charge is -2.14. The Balaban J connectivity index is 1.84. The summed E-state index contributed by atoms with van der Waals surface area (Å²) in [5, 5.41) is 9.28. The first-order chi connectivity index (χ1) is 7.75. The average Bonchev–Trinajstić information content (AvgIpc) is 2.79. The third kappa shape index (κ3) is 2.92. The van der Waals surface area contributed by atoms with E-state index in [4.69, 9.17) is 0 Å². The molecule has 16 heavy (non-hydrogen) atoms. The zero-order valence-electron chi connectivity index (χ0n) is 9.06. The highest BCUT2D eigenvalue weighted by molar-refractivity contribution is 8.00. The van der Waals surface area contributed by atoms with E-state index in [0.717, 1.165) is 30.8 Å². The van der Waals surface area contributed by atoms with Crippen LogP contribution in [0.1, 0.15) is 12.8 Å². The SMILES string of the molecule is O=C(CSc1cccc(O)c1)N1CCCC1. The number of benzene rings is 1. The lowest BCUT2D eigenvalue weighted by atomic mass is 10.3. The molecular weight excluding hydrogens is 222 g/mol. The van der Waals surface area contributed by atoms with Gasteiger partial charge in [-0.15, -0.1) is 11.8 Å². The van der Waals surface area contributed by atoms with Crippen molar-refractivity contribution in [2.24, 2.45) is 0 Å². The van der Waals surface area contributed by atoms with Crippen LogP contribution in [0.25, 0.3) is 0 Å². The molecule has 1 aromatic carbocycles. The molecule has 0 radical (unpaired) electrons. The third-order valence-electron chi connectivity index (χ3n) is 2.64. The molecule has 1 fully saturated rings. The van der Waals surface area contributed by atoms with Crippen molar-refractivity contribution in [3.05, 3.63) is 24.3 Å². The molecule has 2 rings (SSSR count). The first-order valence-corrected chi connectivity index (χ1v) is 6.44. The molecule has 0 saturated carbocycles. The smallest absolute Gasteiger partial charge is 0.232 e. The summed E-state index contributed by atoms with van der Waals surface area (Å²) in [6, 6.07) is 7.01. The van der Waals surface area contributed by atoms with Crippen LogP contribution in [0.4, 0.5) is 0 Å². The summed E-state index contributed by atoms with van der Waals surface area (Å²) < 4.78 is 0. The molecule has 1 aliphatic heterocycles. The molecular formula is C12H15NO2S. The maximum Gasteiger partial charge on any atom is 0.232 e. The van der Waals surface area contributed by atoms with Crippen molar-refractivity contribution in [2.45, 2.75) is 17.7 Å². The lowest BCUT2D eigenvalue weighted by Crippen LogP contribution is -2.29. The van der Waals surface area contributed by atoms with Crippen molar-refractivity contribution in [3.8, 4) is 5.75 Å². The number of phenols is 1. The van der Waals surface area contributed by atoms with E-state index in [1.54, 1.807) is 18.2 Å². The van der Waals surface area contributed by atoms with E-state index in [2.05, 4.69) is 0 Å². The molecule has 4 heteroatoms. The summed E-state index contributed by atoms with van der Waals surface area (Å²) in [5.74, 6) is 0.910. The molecule has 1 saturated heterocycles. The van der Waals surface area contributed by atoms with Gasteiger partial charge in [-0.2, -0.15) is 0 Å². The fourth-order valence-corrected chi connectivity index (χ4v) is 2.63. The number of thioether (sulfide) groups is 1. The van der Waals surface area contributed by atoms with Gasteiger partial charge in [0.2, 0.25) is 5.91 Å². The molecule has 0 bridgehead atoms. The van der Waals surface area contributed by atoms with E-state index in [1.807, 2.05) is 11.0 Å². The van der Waals surface area contributed by atoms with Gasteiger partial charge in [0.05, 0.1) is 5.75 Å². The zero-order valence-corrected chi connectivity index (χ0v) is 9.87. The van der Waals surface area contributed by atoms with E-state index in [9.17, 15) is 9.90 Å². The van der Waals surface area contributed by atoms with Gasteiger partial charge in [0.25, 0.3) is 0 Å². The second kappa shape index (κ2) is 5.25. The monoisotopic (exact) mass is 237 g/mol. The Labute approximate surface area is 99.5 Å². The van der Waals surface area contributed by atoms with Crippen molar-refractivity contribution >= 4 is 17.7 Å². The summed E-state index contributed by atoms with van der Waals surface area (Å²) in [5.41, 5.74) is 0. The van der Waals surface area contributed by atoms with Crippen molar-refractivity contribution in [3.63, 3.8) is 0 Å². The molecule has 0 aliphatic carbocycles. The quantitative estimate of drug-likeness (QED) is 0.818. The van der Waals surface area contributed by atoms with Crippen LogP contribution in [0.5, 0.6) is 5.75 Å². The largest absolute Gasteiger partial charge is 0.508 e. The summed E-state index contributed by atoms with van der Waals surface area (Å²) in [6.45, 7) is 1.80. The Morgan fingerprint density at radius 2 is 2.12 bits per heavy atom. The van der Waals surface area contributed by atoms with Crippen LogP contribution >= 0.6 is 11.8 Å². The predicted octanol–water partition coefficient (Wildman–Crippen LogP) is 2.11. The molecule has 0 unspecified atom stereocenters. The van der Waals surface area contributed by atoms with Gasteiger partial charge in [-0.05, 0) is 31.0 Å². The van der Waals surface area contributed by atoms with Crippen LogP contribution in [0.2, 0.25) is 0 Å². The van der Waals surface area contributed by atoms with Crippen LogP contribution in [-0.2, 0) is 4.79 Å². The number of hydrogen-bond donors (Lipinski definition) is 1. The molecule has 86 valence electrons. The Morgan fingerprint density at radius 1 is 1.38 bits per heavy atom. The number of phenolic OH excluding ortho intramolecular Hbond substituents is 1. The van der Waals surface area contributed by atoms with Gasteiger partial charge >= 0.3 is 0 Å². The van der Waals surface area contributed by atoms with Gasteiger partial charge in [0.15, 0.2) is 0 Å². The van der Waals surface area contributed by atoms with Gasteiger partial charge in [-0.1, -0.05) is 6.07 Å². The van der Waals surface area contributed by atoms with Crippen molar-refractivity contribution in [1.82, 2.24) is 4.90 Å². The number of hydrogen-bond acceptors (Lipinski definition) is 3. The van der Waals surface area contributed by atoms with Crippen molar-refractivity contribution in [2.75, 3.05) is 18.8 Å². The molecule has 0 spiro atoms. The minimum Gasteiger partial charge on any atom is -0.508 e. The first-order valence-electron chi connectivity index (χ1n) is 5.45. The fraction of sp³-hybridized carbons (Fsp3) is 0.417. The van der Waals surface area contributed by atoms with E-state index in [1.165, 1.54) is 11.8 Å². The standard InChI is InChI=1S/C12H15NO2S/c14-10-4-3-5-11(8-10)16-9-12(15)13-6-1-2-7-13/h3-5,8,14H,1-2,6-7,9H2. The summed E-state index contributed by atoms with van der Waals surface area (Å²) in [4.78, 5) is 14.6. The maximum atomic E-state index is 11.7. The Hall–Kier alpha value is -1.16. The van der Waals surface area contributed by atoms with E-state index >= 15 is 0 Å². The molecule has 0 aromatic heterocycles. The molecule has 1 heterocycles. The van der Waals surface area contributed by atoms with Crippen LogP contribution in [-0.4, -0.2) is 34.8 Å². The topological polar surface area (TPSA) is 40.5 Å². The Kier molecular flexibility index (Phi) is 3.72. The summed E-state index contributed by atoms with van der Waals surface area (Å²) in [6.07, 6.45) is 2.26. The number of rotatable bonds is 3. The summed E-state index contributed by atoms with van der Waals surface area (Å²) >= 11 is 1.48.